The van der Waals surface area contributed by atoms with Gasteiger partial charge in [0.05, 0.1) is 33.2 Å². The highest BCUT2D eigenvalue weighted by molar-refractivity contribution is 7.89. The van der Waals surface area contributed by atoms with E-state index in [0.717, 1.165) is 18.2 Å². The molecule has 3 N–H and O–H groups in total. The van der Waals surface area contributed by atoms with E-state index in [2.05, 4.69) is 5.32 Å². The number of methoxy groups -OCH3 is 1. The van der Waals surface area contributed by atoms with E-state index in [1.165, 1.54) is 19.2 Å². The second-order valence-electron chi connectivity index (χ2n) is 5.02. The molecule has 2 aromatic carbocycles. The SMILES string of the molecule is COc1ccc(NC(=O)NNS(=O)(=O)c2cc(Cl)c(Cl)cc2Cl)c([N+](=O)[O-])c1. The largest absolute Gasteiger partial charge is 0.496 e. The molecule has 0 aliphatic heterocycles. The summed E-state index contributed by atoms with van der Waals surface area (Å²) in [5, 5.41) is 13.0. The van der Waals surface area contributed by atoms with Crippen molar-refractivity contribution in [1.29, 1.82) is 0 Å². The Kier molecular flexibility index (Phi) is 6.91. The number of urea groups is 1. The minimum atomic E-state index is -4.31. The van der Waals surface area contributed by atoms with Gasteiger partial charge in [-0.05, 0) is 24.3 Å². The third-order valence-electron chi connectivity index (χ3n) is 3.21. The van der Waals surface area contributed by atoms with Crippen LogP contribution in [-0.2, 0) is 10.0 Å². The molecule has 0 radical (unpaired) electrons. The van der Waals surface area contributed by atoms with Crippen molar-refractivity contribution in [3.8, 4) is 5.75 Å². The summed E-state index contributed by atoms with van der Waals surface area (Å²) in [4.78, 5) is 23.7. The molecule has 0 heterocycles. The maximum Gasteiger partial charge on any atom is 0.334 e. The lowest BCUT2D eigenvalue weighted by Gasteiger charge is -2.12. The molecule has 0 unspecified atom stereocenters. The minimum Gasteiger partial charge on any atom is -0.496 e. The normalized spacial score (nSPS) is 11.0. The van der Waals surface area contributed by atoms with Gasteiger partial charge in [-0.1, -0.05) is 34.8 Å². The van der Waals surface area contributed by atoms with Gasteiger partial charge in [0.1, 0.15) is 16.3 Å². The summed E-state index contributed by atoms with van der Waals surface area (Å²) in [6.07, 6.45) is 0. The van der Waals surface area contributed by atoms with Gasteiger partial charge in [-0.3, -0.25) is 15.5 Å². The van der Waals surface area contributed by atoms with Crippen LogP contribution < -0.4 is 20.3 Å². The van der Waals surface area contributed by atoms with Gasteiger partial charge in [0, 0.05) is 0 Å². The molecular formula is C14H11Cl3N4O6S. The summed E-state index contributed by atoms with van der Waals surface area (Å²) in [5.74, 6) is 0.201. The molecular weight excluding hydrogens is 459 g/mol. The number of hydrogen-bond donors (Lipinski definition) is 3. The summed E-state index contributed by atoms with van der Waals surface area (Å²) < 4.78 is 29.4. The predicted molar refractivity (Wildman–Crippen MR) is 104 cm³/mol. The summed E-state index contributed by atoms with van der Waals surface area (Å²) in [7, 11) is -2.98. The number of nitro groups is 1. The minimum absolute atomic E-state index is 0.0446. The average Bonchev–Trinajstić information content (AvgIpc) is 2.63. The monoisotopic (exact) mass is 468 g/mol. The van der Waals surface area contributed by atoms with Crippen LogP contribution in [0.5, 0.6) is 5.75 Å². The van der Waals surface area contributed by atoms with E-state index in [-0.39, 0.29) is 26.5 Å². The number of ether oxygens (including phenoxy) is 1. The molecule has 150 valence electrons. The number of hydrogen-bond acceptors (Lipinski definition) is 6. The molecule has 2 rings (SSSR count). The van der Waals surface area contributed by atoms with Crippen LogP contribution in [0.1, 0.15) is 0 Å². The zero-order chi connectivity index (χ0) is 21.1. The van der Waals surface area contributed by atoms with Crippen LogP contribution in [0.25, 0.3) is 0 Å². The molecule has 0 atom stereocenters. The van der Waals surface area contributed by atoms with Crippen LogP contribution >= 0.6 is 34.8 Å². The molecule has 2 aromatic rings. The van der Waals surface area contributed by atoms with Crippen LogP contribution in [0.2, 0.25) is 15.1 Å². The van der Waals surface area contributed by atoms with Gasteiger partial charge >= 0.3 is 6.03 Å². The lowest BCUT2D eigenvalue weighted by Crippen LogP contribution is -2.43. The molecule has 14 heteroatoms. The van der Waals surface area contributed by atoms with Crippen molar-refractivity contribution in [1.82, 2.24) is 10.3 Å². The fourth-order valence-electron chi connectivity index (χ4n) is 1.93. The highest BCUT2D eigenvalue weighted by Gasteiger charge is 2.22. The van der Waals surface area contributed by atoms with Crippen LogP contribution in [0.3, 0.4) is 0 Å². The van der Waals surface area contributed by atoms with Crippen molar-refractivity contribution in [2.45, 2.75) is 4.90 Å². The Balaban J connectivity index is 2.14. The molecule has 0 saturated carbocycles. The third-order valence-corrected chi connectivity index (χ3v) is 5.65. The lowest BCUT2D eigenvalue weighted by atomic mass is 10.2. The van der Waals surface area contributed by atoms with Crippen LogP contribution in [0.15, 0.2) is 35.2 Å². The van der Waals surface area contributed by atoms with Crippen LogP contribution in [0.4, 0.5) is 16.2 Å². The molecule has 0 fully saturated rings. The van der Waals surface area contributed by atoms with Crippen molar-refractivity contribution in [2.75, 3.05) is 12.4 Å². The van der Waals surface area contributed by atoms with Crippen molar-refractivity contribution >= 4 is 62.2 Å². The Morgan fingerprint density at radius 3 is 2.36 bits per heavy atom. The highest BCUT2D eigenvalue weighted by Crippen LogP contribution is 2.31. The summed E-state index contributed by atoms with van der Waals surface area (Å²) in [6.45, 7) is 0. The Hall–Kier alpha value is -2.31. The number of sulfonamides is 1. The van der Waals surface area contributed by atoms with Gasteiger partial charge < -0.3 is 10.1 Å². The zero-order valence-electron chi connectivity index (χ0n) is 13.8. The topological polar surface area (TPSA) is 140 Å². The highest BCUT2D eigenvalue weighted by atomic mass is 35.5. The molecule has 28 heavy (non-hydrogen) atoms. The number of nitrogens with zero attached hydrogens (tertiary/aromatic N) is 1. The van der Waals surface area contributed by atoms with Crippen molar-refractivity contribution in [3.63, 3.8) is 0 Å². The van der Waals surface area contributed by atoms with Gasteiger partial charge in [0.25, 0.3) is 15.7 Å². The number of halogens is 3. The van der Waals surface area contributed by atoms with Crippen molar-refractivity contribution in [3.05, 3.63) is 55.5 Å². The second kappa shape index (κ2) is 8.80. The first-order valence-corrected chi connectivity index (χ1v) is 9.72. The number of amides is 2. The molecule has 0 aromatic heterocycles. The van der Waals surface area contributed by atoms with Gasteiger partial charge in [-0.25, -0.2) is 13.2 Å². The number of carbonyl (C=O) groups is 1. The van der Waals surface area contributed by atoms with Gasteiger partial charge in [0.15, 0.2) is 0 Å². The lowest BCUT2D eigenvalue weighted by molar-refractivity contribution is -0.384. The number of nitrogens with one attached hydrogen (secondary N) is 3. The third kappa shape index (κ3) is 5.14. The fraction of sp³-hybridized carbons (Fsp3) is 0.0714. The van der Waals surface area contributed by atoms with E-state index < -0.39 is 31.6 Å². The molecule has 0 saturated heterocycles. The number of benzene rings is 2. The van der Waals surface area contributed by atoms with Crippen molar-refractivity contribution in [2.24, 2.45) is 0 Å². The first kappa shape index (κ1) is 22.0. The maximum absolute atomic E-state index is 12.3. The van der Waals surface area contributed by atoms with Gasteiger partial charge in [-0.15, -0.1) is 4.83 Å². The smallest absolute Gasteiger partial charge is 0.334 e. The average molecular weight is 470 g/mol. The Bertz CT molecular complexity index is 1050. The number of hydrazine groups is 1. The maximum atomic E-state index is 12.3. The quantitative estimate of drug-likeness (QED) is 0.336. The predicted octanol–water partition coefficient (Wildman–Crippen LogP) is 3.58. The van der Waals surface area contributed by atoms with Crippen LogP contribution in [0, 0.1) is 10.1 Å². The summed E-state index contributed by atoms with van der Waals surface area (Å²) in [6, 6.07) is 4.73. The fourth-order valence-corrected chi connectivity index (χ4v) is 3.77. The molecule has 0 bridgehead atoms. The molecule has 2 amide bonds. The second-order valence-corrected chi connectivity index (χ2v) is 7.89. The number of anilines is 1. The standard InChI is InChI=1S/C14H11Cl3N4O6S/c1-27-7-2-3-11(12(4-7)21(23)24)18-14(22)19-20-28(25,26)13-6-9(16)8(15)5-10(13)17/h2-6,20H,1H3,(H2,18,19,22). The van der Waals surface area contributed by atoms with E-state index in [1.54, 1.807) is 4.83 Å². The molecule has 0 spiro atoms. The molecule has 10 nitrogen and oxygen atoms in total. The summed E-state index contributed by atoms with van der Waals surface area (Å²) in [5.41, 5.74) is 1.21. The summed E-state index contributed by atoms with van der Waals surface area (Å²) >= 11 is 17.4. The molecule has 0 aliphatic rings. The number of nitro benzene ring substituents is 1. The van der Waals surface area contributed by atoms with E-state index >= 15 is 0 Å². The van der Waals surface area contributed by atoms with Gasteiger partial charge in [0.2, 0.25) is 0 Å². The van der Waals surface area contributed by atoms with E-state index in [1.807, 2.05) is 5.43 Å². The molecule has 0 aliphatic carbocycles. The number of carbonyl (C=O) groups excluding carboxylic acids is 1. The van der Waals surface area contributed by atoms with E-state index in [4.69, 9.17) is 39.5 Å². The number of rotatable bonds is 6. The first-order chi connectivity index (χ1) is 13.0. The van der Waals surface area contributed by atoms with Gasteiger partial charge in [-0.2, -0.15) is 0 Å². The Morgan fingerprint density at radius 2 is 1.75 bits per heavy atom. The van der Waals surface area contributed by atoms with E-state index in [0.29, 0.717) is 0 Å². The zero-order valence-corrected chi connectivity index (χ0v) is 16.9. The first-order valence-electron chi connectivity index (χ1n) is 7.11. The Morgan fingerprint density at radius 1 is 1.11 bits per heavy atom. The van der Waals surface area contributed by atoms with Crippen molar-refractivity contribution < 1.29 is 22.9 Å². The van der Waals surface area contributed by atoms with E-state index in [9.17, 15) is 23.3 Å². The Labute approximate surface area is 173 Å². The van der Waals surface area contributed by atoms with Crippen LogP contribution in [-0.4, -0.2) is 26.5 Å².